The van der Waals surface area contributed by atoms with Crippen molar-refractivity contribution in [1.29, 1.82) is 0 Å². The van der Waals surface area contributed by atoms with E-state index < -0.39 is 5.54 Å². The quantitative estimate of drug-likeness (QED) is 0.703. The molecule has 16 heavy (non-hydrogen) atoms. The number of aromatic amines is 1. The molecule has 1 saturated carbocycles. The van der Waals surface area contributed by atoms with Gasteiger partial charge in [0.15, 0.2) is 0 Å². The van der Waals surface area contributed by atoms with Gasteiger partial charge >= 0.3 is 0 Å². The molecule has 5 heteroatoms. The number of H-pyrrole nitrogens is 1. The van der Waals surface area contributed by atoms with E-state index in [0.717, 1.165) is 5.69 Å². The van der Waals surface area contributed by atoms with Crippen LogP contribution in [0.5, 0.6) is 0 Å². The predicted octanol–water partition coefficient (Wildman–Crippen LogP) is 0.754. The molecular weight excluding hydrogens is 204 g/mol. The lowest BCUT2D eigenvalue weighted by Crippen LogP contribution is -2.45. The van der Waals surface area contributed by atoms with E-state index in [1.165, 1.54) is 12.8 Å². The summed E-state index contributed by atoms with van der Waals surface area (Å²) in [6.07, 6.45) is 2.39. The Balaban J connectivity index is 1.92. The lowest BCUT2D eigenvalue weighted by molar-refractivity contribution is 0.0941. The largest absolute Gasteiger partial charge is 0.349 e. The summed E-state index contributed by atoms with van der Waals surface area (Å²) >= 11 is 0. The minimum atomic E-state index is -0.398. The van der Waals surface area contributed by atoms with Crippen molar-refractivity contribution in [2.75, 3.05) is 6.54 Å². The van der Waals surface area contributed by atoms with Crippen LogP contribution in [0, 0.1) is 0 Å². The molecular formula is C11H18N4O. The fourth-order valence-corrected chi connectivity index (χ4v) is 1.46. The highest BCUT2D eigenvalue weighted by Crippen LogP contribution is 2.38. The molecule has 0 bridgehead atoms. The van der Waals surface area contributed by atoms with Crippen molar-refractivity contribution in [3.8, 4) is 0 Å². The van der Waals surface area contributed by atoms with Crippen molar-refractivity contribution < 1.29 is 4.79 Å². The maximum Gasteiger partial charge on any atom is 0.271 e. The van der Waals surface area contributed by atoms with Gasteiger partial charge in [0, 0.05) is 23.7 Å². The zero-order valence-corrected chi connectivity index (χ0v) is 9.71. The number of rotatable bonds is 4. The van der Waals surface area contributed by atoms with Crippen LogP contribution in [-0.2, 0) is 0 Å². The van der Waals surface area contributed by atoms with Crippen LogP contribution in [-0.4, -0.2) is 28.2 Å². The van der Waals surface area contributed by atoms with Gasteiger partial charge in [-0.3, -0.25) is 9.89 Å². The Bertz CT molecular complexity index is 387. The average molecular weight is 222 g/mol. The van der Waals surface area contributed by atoms with Gasteiger partial charge in [0.05, 0.1) is 0 Å². The summed E-state index contributed by atoms with van der Waals surface area (Å²) in [4.78, 5) is 11.7. The Morgan fingerprint density at radius 1 is 1.69 bits per heavy atom. The summed E-state index contributed by atoms with van der Waals surface area (Å²) in [6.45, 7) is 4.18. The second-order valence-corrected chi connectivity index (χ2v) is 5.15. The van der Waals surface area contributed by atoms with Gasteiger partial charge in [0.25, 0.3) is 5.91 Å². The normalized spacial score (nSPS) is 16.2. The predicted molar refractivity (Wildman–Crippen MR) is 61.2 cm³/mol. The zero-order valence-electron chi connectivity index (χ0n) is 9.71. The molecule has 4 N–H and O–H groups in total. The fraction of sp³-hybridized carbons (Fsp3) is 0.636. The molecule has 0 atom stereocenters. The molecule has 0 spiro atoms. The topological polar surface area (TPSA) is 83.8 Å². The van der Waals surface area contributed by atoms with Crippen LogP contribution in [0.3, 0.4) is 0 Å². The van der Waals surface area contributed by atoms with Crippen molar-refractivity contribution >= 4 is 5.91 Å². The number of nitrogens with two attached hydrogens (primary N) is 1. The molecule has 1 aromatic heterocycles. The van der Waals surface area contributed by atoms with E-state index in [2.05, 4.69) is 15.5 Å². The third-order valence-electron chi connectivity index (χ3n) is 2.55. The van der Waals surface area contributed by atoms with Crippen LogP contribution in [0.2, 0.25) is 0 Å². The van der Waals surface area contributed by atoms with E-state index in [-0.39, 0.29) is 5.91 Å². The summed E-state index contributed by atoms with van der Waals surface area (Å²) in [5.41, 5.74) is 6.90. The minimum Gasteiger partial charge on any atom is -0.349 e. The lowest BCUT2D eigenvalue weighted by Gasteiger charge is -2.18. The molecule has 1 amide bonds. The maximum atomic E-state index is 11.7. The molecule has 0 saturated heterocycles. The van der Waals surface area contributed by atoms with E-state index in [0.29, 0.717) is 18.2 Å². The first kappa shape index (κ1) is 11.1. The molecule has 1 aliphatic rings. The number of carbonyl (C=O) groups is 1. The molecule has 1 heterocycles. The third kappa shape index (κ3) is 2.82. The second kappa shape index (κ2) is 3.90. The molecule has 2 rings (SSSR count). The molecule has 0 aromatic carbocycles. The van der Waals surface area contributed by atoms with E-state index in [1.54, 1.807) is 0 Å². The lowest BCUT2D eigenvalue weighted by atomic mass is 10.1. The summed E-state index contributed by atoms with van der Waals surface area (Å²) in [7, 11) is 0. The van der Waals surface area contributed by atoms with Gasteiger partial charge in [-0.25, -0.2) is 0 Å². The van der Waals surface area contributed by atoms with Gasteiger partial charge in [-0.2, -0.15) is 5.10 Å². The molecule has 1 aliphatic carbocycles. The molecule has 0 aliphatic heterocycles. The van der Waals surface area contributed by atoms with Crippen LogP contribution in [0.1, 0.15) is 48.8 Å². The Kier molecular flexibility index (Phi) is 2.71. The van der Waals surface area contributed by atoms with Crippen molar-refractivity contribution in [1.82, 2.24) is 15.5 Å². The molecule has 88 valence electrons. The second-order valence-electron chi connectivity index (χ2n) is 5.15. The van der Waals surface area contributed by atoms with Crippen LogP contribution < -0.4 is 11.1 Å². The number of aromatic nitrogens is 2. The number of hydrogen-bond acceptors (Lipinski definition) is 3. The monoisotopic (exact) mass is 222 g/mol. The maximum absolute atomic E-state index is 11.7. The Hall–Kier alpha value is -1.36. The van der Waals surface area contributed by atoms with Crippen LogP contribution in [0.25, 0.3) is 0 Å². The zero-order chi connectivity index (χ0) is 11.8. The molecule has 1 aromatic rings. The summed E-state index contributed by atoms with van der Waals surface area (Å²) < 4.78 is 0. The first-order valence-corrected chi connectivity index (χ1v) is 5.58. The first-order valence-electron chi connectivity index (χ1n) is 5.58. The molecule has 0 unspecified atom stereocenters. The molecule has 1 fully saturated rings. The van der Waals surface area contributed by atoms with Crippen molar-refractivity contribution in [2.45, 2.75) is 38.1 Å². The Morgan fingerprint density at radius 3 is 2.94 bits per heavy atom. The summed E-state index contributed by atoms with van der Waals surface area (Å²) in [6, 6.07) is 1.83. The minimum absolute atomic E-state index is 0.165. The van der Waals surface area contributed by atoms with Crippen LogP contribution >= 0.6 is 0 Å². The van der Waals surface area contributed by atoms with E-state index in [1.807, 2.05) is 19.9 Å². The van der Waals surface area contributed by atoms with Crippen molar-refractivity contribution in [2.24, 2.45) is 5.73 Å². The highest BCUT2D eigenvalue weighted by molar-refractivity contribution is 5.92. The Morgan fingerprint density at radius 2 is 2.38 bits per heavy atom. The number of hydrogen-bond donors (Lipinski definition) is 3. The highest BCUT2D eigenvalue weighted by Gasteiger charge is 2.26. The average Bonchev–Trinajstić information content (AvgIpc) is 2.92. The number of nitrogens with one attached hydrogen (secondary N) is 2. The van der Waals surface area contributed by atoms with Gasteiger partial charge in [-0.1, -0.05) is 0 Å². The fourth-order valence-electron chi connectivity index (χ4n) is 1.46. The number of amides is 1. The number of nitrogens with zero attached hydrogens (tertiary/aromatic N) is 1. The van der Waals surface area contributed by atoms with E-state index >= 15 is 0 Å². The van der Waals surface area contributed by atoms with Crippen molar-refractivity contribution in [3.63, 3.8) is 0 Å². The van der Waals surface area contributed by atoms with Gasteiger partial charge in [0.1, 0.15) is 5.69 Å². The number of carbonyl (C=O) groups excluding carboxylic acids is 1. The van der Waals surface area contributed by atoms with Crippen LogP contribution in [0.4, 0.5) is 0 Å². The third-order valence-corrected chi connectivity index (χ3v) is 2.55. The summed E-state index contributed by atoms with van der Waals surface area (Å²) in [5, 5.41) is 9.67. The standard InChI is InChI=1S/C11H18N4O/c1-11(2,12)6-13-10(16)9-5-8(14-15-9)7-3-4-7/h5,7H,3-4,6,12H2,1-2H3,(H,13,16)(H,14,15). The van der Waals surface area contributed by atoms with Gasteiger partial charge in [-0.15, -0.1) is 0 Å². The van der Waals surface area contributed by atoms with Crippen molar-refractivity contribution in [3.05, 3.63) is 17.5 Å². The van der Waals surface area contributed by atoms with E-state index in [4.69, 9.17) is 5.73 Å². The highest BCUT2D eigenvalue weighted by atomic mass is 16.1. The van der Waals surface area contributed by atoms with Gasteiger partial charge in [0.2, 0.25) is 0 Å². The SMILES string of the molecule is CC(C)(N)CNC(=O)c1cc(C2CC2)[nH]n1. The van der Waals surface area contributed by atoms with Gasteiger partial charge in [-0.05, 0) is 32.8 Å². The van der Waals surface area contributed by atoms with Crippen LogP contribution in [0.15, 0.2) is 6.07 Å². The first-order chi connectivity index (χ1) is 7.46. The molecule has 5 nitrogen and oxygen atoms in total. The Labute approximate surface area is 94.8 Å². The summed E-state index contributed by atoms with van der Waals surface area (Å²) in [5.74, 6) is 0.418. The molecule has 0 radical (unpaired) electrons. The van der Waals surface area contributed by atoms with Gasteiger partial charge < -0.3 is 11.1 Å². The van der Waals surface area contributed by atoms with E-state index in [9.17, 15) is 4.79 Å². The smallest absolute Gasteiger partial charge is 0.271 e.